The van der Waals surface area contributed by atoms with Crippen LogP contribution in [0.2, 0.25) is 0 Å². The van der Waals surface area contributed by atoms with Gasteiger partial charge in [0.2, 0.25) is 0 Å². The van der Waals surface area contributed by atoms with E-state index in [1.807, 2.05) is 26.0 Å². The summed E-state index contributed by atoms with van der Waals surface area (Å²) in [6.45, 7) is 4.07. The molecule has 0 aliphatic rings. The van der Waals surface area contributed by atoms with Crippen LogP contribution in [0.25, 0.3) is 0 Å². The van der Waals surface area contributed by atoms with Crippen LogP contribution in [-0.2, 0) is 5.75 Å². The summed E-state index contributed by atoms with van der Waals surface area (Å²) in [5.74, 6) is -1.47. The molecule has 104 valence electrons. The van der Waals surface area contributed by atoms with Gasteiger partial charge in [-0.15, -0.1) is 11.8 Å². The van der Waals surface area contributed by atoms with Crippen molar-refractivity contribution < 1.29 is 14.3 Å². The number of thioether (sulfide) groups is 1. The molecule has 1 N–H and O–H groups in total. The SMILES string of the molecule is Cc1ccc(SCc2cccc(C(=O)O)c2F)cc1C. The summed E-state index contributed by atoms with van der Waals surface area (Å²) in [5, 5.41) is 8.90. The first-order chi connectivity index (χ1) is 9.49. The van der Waals surface area contributed by atoms with Gasteiger partial charge in [-0.05, 0) is 48.7 Å². The summed E-state index contributed by atoms with van der Waals surface area (Å²) >= 11 is 1.50. The lowest BCUT2D eigenvalue weighted by Crippen LogP contribution is -2.02. The Kier molecular flexibility index (Phi) is 4.45. The number of rotatable bonds is 4. The van der Waals surface area contributed by atoms with Crippen LogP contribution < -0.4 is 0 Å². The Balaban J connectivity index is 2.17. The van der Waals surface area contributed by atoms with Crippen LogP contribution in [0.4, 0.5) is 4.39 Å². The number of halogens is 1. The van der Waals surface area contributed by atoms with Gasteiger partial charge < -0.3 is 5.11 Å². The molecule has 0 amide bonds. The zero-order chi connectivity index (χ0) is 14.7. The number of aryl methyl sites for hydroxylation is 2. The highest BCUT2D eigenvalue weighted by atomic mass is 32.2. The molecule has 0 radical (unpaired) electrons. The molecular formula is C16H15FO2S. The van der Waals surface area contributed by atoms with Crippen LogP contribution in [-0.4, -0.2) is 11.1 Å². The van der Waals surface area contributed by atoms with Crippen molar-refractivity contribution in [2.24, 2.45) is 0 Å². The van der Waals surface area contributed by atoms with Crippen LogP contribution in [0, 0.1) is 19.7 Å². The van der Waals surface area contributed by atoms with E-state index in [1.165, 1.54) is 29.0 Å². The lowest BCUT2D eigenvalue weighted by Gasteiger charge is -2.07. The van der Waals surface area contributed by atoms with E-state index in [-0.39, 0.29) is 5.56 Å². The Bertz CT molecular complexity index is 653. The molecule has 0 spiro atoms. The first-order valence-corrected chi connectivity index (χ1v) is 7.18. The van der Waals surface area contributed by atoms with Gasteiger partial charge in [0.25, 0.3) is 0 Å². The van der Waals surface area contributed by atoms with Crippen molar-refractivity contribution in [3.8, 4) is 0 Å². The lowest BCUT2D eigenvalue weighted by molar-refractivity contribution is 0.0691. The second-order valence-corrected chi connectivity index (χ2v) is 5.67. The molecule has 0 fully saturated rings. The molecule has 0 saturated carbocycles. The first kappa shape index (κ1) is 14.6. The van der Waals surface area contributed by atoms with Gasteiger partial charge in [-0.25, -0.2) is 9.18 Å². The van der Waals surface area contributed by atoms with E-state index in [9.17, 15) is 9.18 Å². The maximum atomic E-state index is 14.0. The topological polar surface area (TPSA) is 37.3 Å². The van der Waals surface area contributed by atoms with Crippen molar-refractivity contribution in [3.05, 3.63) is 64.5 Å². The minimum Gasteiger partial charge on any atom is -0.478 e. The highest BCUT2D eigenvalue weighted by Crippen LogP contribution is 2.26. The Morgan fingerprint density at radius 3 is 2.60 bits per heavy atom. The van der Waals surface area contributed by atoms with Crippen LogP contribution in [0.3, 0.4) is 0 Å². The molecule has 0 heterocycles. The molecule has 2 nitrogen and oxygen atoms in total. The standard InChI is InChI=1S/C16H15FO2S/c1-10-6-7-13(8-11(10)2)20-9-12-4-3-5-14(15(12)17)16(18)19/h3-8H,9H2,1-2H3,(H,18,19). The molecule has 0 unspecified atom stereocenters. The Labute approximate surface area is 121 Å². The average molecular weight is 290 g/mol. The van der Waals surface area contributed by atoms with Gasteiger partial charge in [0.05, 0.1) is 5.56 Å². The number of carbonyl (C=O) groups is 1. The molecule has 2 aromatic rings. The predicted molar refractivity (Wildman–Crippen MR) is 78.8 cm³/mol. The Hall–Kier alpha value is -1.81. The summed E-state index contributed by atoms with van der Waals surface area (Å²) in [4.78, 5) is 11.9. The molecule has 0 aliphatic carbocycles. The van der Waals surface area contributed by atoms with Gasteiger partial charge in [0, 0.05) is 10.6 Å². The van der Waals surface area contributed by atoms with Gasteiger partial charge in [0.1, 0.15) is 5.82 Å². The molecule has 0 aliphatic heterocycles. The minimum atomic E-state index is -1.24. The van der Waals surface area contributed by atoms with Crippen molar-refractivity contribution in [1.82, 2.24) is 0 Å². The monoisotopic (exact) mass is 290 g/mol. The molecule has 0 aromatic heterocycles. The summed E-state index contributed by atoms with van der Waals surface area (Å²) in [6, 6.07) is 10.5. The minimum absolute atomic E-state index is 0.275. The molecule has 4 heteroatoms. The number of hydrogen-bond acceptors (Lipinski definition) is 2. The zero-order valence-electron chi connectivity index (χ0n) is 11.3. The van der Waals surface area contributed by atoms with E-state index in [0.717, 1.165) is 4.90 Å². The van der Waals surface area contributed by atoms with Crippen LogP contribution in [0.1, 0.15) is 27.0 Å². The fourth-order valence-electron chi connectivity index (χ4n) is 1.82. The van der Waals surface area contributed by atoms with E-state index in [2.05, 4.69) is 6.07 Å². The van der Waals surface area contributed by atoms with E-state index >= 15 is 0 Å². The first-order valence-electron chi connectivity index (χ1n) is 6.20. The summed E-state index contributed by atoms with van der Waals surface area (Å²) in [6.07, 6.45) is 0. The highest BCUT2D eigenvalue weighted by Gasteiger charge is 2.13. The number of hydrogen-bond donors (Lipinski definition) is 1. The second-order valence-electron chi connectivity index (χ2n) is 4.62. The zero-order valence-corrected chi connectivity index (χ0v) is 12.1. The van der Waals surface area contributed by atoms with Crippen LogP contribution in [0.5, 0.6) is 0 Å². The number of aromatic carboxylic acids is 1. The van der Waals surface area contributed by atoms with Gasteiger partial charge in [-0.2, -0.15) is 0 Å². The molecule has 0 saturated heterocycles. The highest BCUT2D eigenvalue weighted by molar-refractivity contribution is 7.98. The smallest absolute Gasteiger partial charge is 0.338 e. The van der Waals surface area contributed by atoms with Gasteiger partial charge in [0.15, 0.2) is 0 Å². The quantitative estimate of drug-likeness (QED) is 0.846. The number of carboxylic acid groups (broad SMARTS) is 1. The lowest BCUT2D eigenvalue weighted by atomic mass is 10.1. The summed E-state index contributed by atoms with van der Waals surface area (Å²) in [5.41, 5.74) is 2.54. The van der Waals surface area contributed by atoms with Crippen molar-refractivity contribution in [2.75, 3.05) is 0 Å². The van der Waals surface area contributed by atoms with Gasteiger partial charge in [-0.1, -0.05) is 18.2 Å². The fourth-order valence-corrected chi connectivity index (χ4v) is 2.79. The largest absolute Gasteiger partial charge is 0.478 e. The van der Waals surface area contributed by atoms with E-state index < -0.39 is 11.8 Å². The number of carboxylic acids is 1. The van der Waals surface area contributed by atoms with Crippen molar-refractivity contribution in [3.63, 3.8) is 0 Å². The normalized spacial score (nSPS) is 10.6. The van der Waals surface area contributed by atoms with Crippen LogP contribution in [0.15, 0.2) is 41.3 Å². The third kappa shape index (κ3) is 3.20. The van der Waals surface area contributed by atoms with Crippen LogP contribution >= 0.6 is 11.8 Å². The van der Waals surface area contributed by atoms with Crippen molar-refractivity contribution in [2.45, 2.75) is 24.5 Å². The molecule has 2 aromatic carbocycles. The Morgan fingerprint density at radius 2 is 1.95 bits per heavy atom. The summed E-state index contributed by atoms with van der Waals surface area (Å²) < 4.78 is 14.0. The third-order valence-electron chi connectivity index (χ3n) is 3.18. The molecule has 2 rings (SSSR count). The van der Waals surface area contributed by atoms with Crippen molar-refractivity contribution >= 4 is 17.7 Å². The van der Waals surface area contributed by atoms with E-state index in [0.29, 0.717) is 11.3 Å². The van der Waals surface area contributed by atoms with Crippen molar-refractivity contribution in [1.29, 1.82) is 0 Å². The van der Waals surface area contributed by atoms with E-state index in [4.69, 9.17) is 5.11 Å². The maximum absolute atomic E-state index is 14.0. The van der Waals surface area contributed by atoms with E-state index in [1.54, 1.807) is 12.1 Å². The van der Waals surface area contributed by atoms with Gasteiger partial charge in [-0.3, -0.25) is 0 Å². The maximum Gasteiger partial charge on any atom is 0.338 e. The summed E-state index contributed by atoms with van der Waals surface area (Å²) in [7, 11) is 0. The second kappa shape index (κ2) is 6.09. The molecule has 0 bridgehead atoms. The predicted octanol–water partition coefficient (Wildman–Crippen LogP) is 4.43. The molecule has 0 atom stereocenters. The van der Waals surface area contributed by atoms with Gasteiger partial charge >= 0.3 is 5.97 Å². The number of benzene rings is 2. The molecule has 20 heavy (non-hydrogen) atoms. The average Bonchev–Trinajstić information content (AvgIpc) is 2.41. The fraction of sp³-hybridized carbons (Fsp3) is 0.188. The third-order valence-corrected chi connectivity index (χ3v) is 4.22. The Morgan fingerprint density at radius 1 is 1.20 bits per heavy atom. The molecular weight excluding hydrogens is 275 g/mol.